The molecule has 0 aliphatic heterocycles. The van der Waals surface area contributed by atoms with Gasteiger partial charge in [0.25, 0.3) is 0 Å². The van der Waals surface area contributed by atoms with Crippen LogP contribution in [0.15, 0.2) is 12.2 Å². The molecule has 0 radical (unpaired) electrons. The summed E-state index contributed by atoms with van der Waals surface area (Å²) in [6, 6.07) is 0. The smallest absolute Gasteiger partial charge is 0.0577 e. The quantitative estimate of drug-likeness (QED) is 0.520. The molecule has 2 fully saturated rings. The Bertz CT molecular complexity index is 209. The number of aliphatic hydroxyl groups excluding tert-OH is 1. The van der Waals surface area contributed by atoms with Crippen LogP contribution in [0.1, 0.15) is 19.3 Å². The first kappa shape index (κ1) is 6.24. The summed E-state index contributed by atoms with van der Waals surface area (Å²) in [6.07, 6.45) is 8.38. The molecular formula is C10H14O. The average Bonchev–Trinajstić information content (AvgIpc) is 2.52. The fourth-order valence-electron chi connectivity index (χ4n) is 3.51. The SMILES string of the molecule is O[C@@H]1C[C@H]2C[C@H]1[C@H]1C=CC[C@@H]21. The van der Waals surface area contributed by atoms with Crippen molar-refractivity contribution in [2.45, 2.75) is 25.4 Å². The maximum Gasteiger partial charge on any atom is 0.0577 e. The predicted molar refractivity (Wildman–Crippen MR) is 43.0 cm³/mol. The standard InChI is InChI=1S/C10H14O/c11-10-5-6-4-9(10)8-3-1-2-7(6)8/h1,3,6-11H,2,4-5H2/t6-,7+,8+,9+,10-/m1/s1. The van der Waals surface area contributed by atoms with Crippen LogP contribution in [0.4, 0.5) is 0 Å². The molecule has 3 aliphatic carbocycles. The molecule has 3 rings (SSSR count). The highest BCUT2D eigenvalue weighted by atomic mass is 16.3. The Labute approximate surface area is 67.1 Å². The van der Waals surface area contributed by atoms with Crippen molar-refractivity contribution < 1.29 is 5.11 Å². The molecule has 2 saturated carbocycles. The van der Waals surface area contributed by atoms with Gasteiger partial charge in [-0.1, -0.05) is 12.2 Å². The van der Waals surface area contributed by atoms with Crippen molar-refractivity contribution in [2.24, 2.45) is 23.7 Å². The molecule has 1 nitrogen and oxygen atoms in total. The molecule has 0 saturated heterocycles. The highest BCUT2D eigenvalue weighted by molar-refractivity contribution is 5.14. The average molecular weight is 150 g/mol. The van der Waals surface area contributed by atoms with Crippen LogP contribution in [-0.2, 0) is 0 Å². The van der Waals surface area contributed by atoms with E-state index < -0.39 is 0 Å². The number of fused-ring (bicyclic) bond motifs is 5. The second kappa shape index (κ2) is 1.89. The summed E-state index contributed by atoms with van der Waals surface area (Å²) in [4.78, 5) is 0. The van der Waals surface area contributed by atoms with E-state index in [0.717, 1.165) is 24.2 Å². The summed E-state index contributed by atoms with van der Waals surface area (Å²) < 4.78 is 0. The monoisotopic (exact) mass is 150 g/mol. The Morgan fingerprint density at radius 2 is 2.09 bits per heavy atom. The Kier molecular flexibility index (Phi) is 1.07. The van der Waals surface area contributed by atoms with Crippen molar-refractivity contribution in [3.05, 3.63) is 12.2 Å². The third-order valence-corrected chi connectivity index (χ3v) is 3.97. The van der Waals surface area contributed by atoms with Crippen molar-refractivity contribution in [1.29, 1.82) is 0 Å². The van der Waals surface area contributed by atoms with Crippen LogP contribution in [0.25, 0.3) is 0 Å². The lowest BCUT2D eigenvalue weighted by molar-refractivity contribution is 0.0746. The van der Waals surface area contributed by atoms with Gasteiger partial charge in [-0.05, 0) is 42.9 Å². The first-order chi connectivity index (χ1) is 5.36. The van der Waals surface area contributed by atoms with E-state index in [1.54, 1.807) is 0 Å². The summed E-state index contributed by atoms with van der Waals surface area (Å²) in [5.74, 6) is 3.16. The summed E-state index contributed by atoms with van der Waals surface area (Å²) in [6.45, 7) is 0. The first-order valence-electron chi connectivity index (χ1n) is 4.71. The van der Waals surface area contributed by atoms with Crippen LogP contribution in [0.2, 0.25) is 0 Å². The van der Waals surface area contributed by atoms with Crippen LogP contribution >= 0.6 is 0 Å². The van der Waals surface area contributed by atoms with Gasteiger partial charge in [-0.2, -0.15) is 0 Å². The van der Waals surface area contributed by atoms with Gasteiger partial charge in [-0.15, -0.1) is 0 Å². The molecule has 11 heavy (non-hydrogen) atoms. The number of allylic oxidation sites excluding steroid dienone is 2. The Balaban J connectivity index is 1.94. The molecule has 0 amide bonds. The highest BCUT2D eigenvalue weighted by Crippen LogP contribution is 2.56. The Hall–Kier alpha value is -0.300. The van der Waals surface area contributed by atoms with E-state index in [9.17, 15) is 5.11 Å². The fraction of sp³-hybridized carbons (Fsp3) is 0.800. The lowest BCUT2D eigenvalue weighted by atomic mass is 9.80. The van der Waals surface area contributed by atoms with Crippen molar-refractivity contribution in [3.63, 3.8) is 0 Å². The zero-order valence-corrected chi connectivity index (χ0v) is 6.61. The molecule has 60 valence electrons. The zero-order chi connectivity index (χ0) is 7.42. The molecule has 0 aromatic carbocycles. The topological polar surface area (TPSA) is 20.2 Å². The number of hydrogen-bond donors (Lipinski definition) is 1. The highest BCUT2D eigenvalue weighted by Gasteiger charge is 2.51. The van der Waals surface area contributed by atoms with E-state index in [0.29, 0.717) is 5.92 Å². The van der Waals surface area contributed by atoms with Gasteiger partial charge in [0.2, 0.25) is 0 Å². The normalized spacial score (nSPS) is 58.8. The van der Waals surface area contributed by atoms with Crippen LogP contribution in [-0.4, -0.2) is 11.2 Å². The van der Waals surface area contributed by atoms with Gasteiger partial charge in [0.1, 0.15) is 0 Å². The molecule has 3 aliphatic rings. The van der Waals surface area contributed by atoms with Crippen LogP contribution < -0.4 is 0 Å². The summed E-state index contributed by atoms with van der Waals surface area (Å²) in [5, 5.41) is 9.63. The van der Waals surface area contributed by atoms with Crippen LogP contribution in [0, 0.1) is 23.7 Å². The minimum absolute atomic E-state index is 0.0315. The van der Waals surface area contributed by atoms with Crippen molar-refractivity contribution in [1.82, 2.24) is 0 Å². The van der Waals surface area contributed by atoms with Crippen LogP contribution in [0.5, 0.6) is 0 Å². The first-order valence-corrected chi connectivity index (χ1v) is 4.71. The molecule has 0 spiro atoms. The maximum absolute atomic E-state index is 9.63. The minimum atomic E-state index is 0.0315. The fourth-order valence-corrected chi connectivity index (χ4v) is 3.51. The van der Waals surface area contributed by atoms with Gasteiger partial charge in [0.15, 0.2) is 0 Å². The maximum atomic E-state index is 9.63. The molecular weight excluding hydrogens is 136 g/mol. The summed E-state index contributed by atoms with van der Waals surface area (Å²) >= 11 is 0. The number of hydrogen-bond acceptors (Lipinski definition) is 1. The van der Waals surface area contributed by atoms with E-state index >= 15 is 0 Å². The summed E-state index contributed by atoms with van der Waals surface area (Å²) in [5.41, 5.74) is 0. The van der Waals surface area contributed by atoms with Gasteiger partial charge in [-0.3, -0.25) is 0 Å². The van der Waals surface area contributed by atoms with E-state index in [4.69, 9.17) is 0 Å². The molecule has 0 unspecified atom stereocenters. The van der Waals surface area contributed by atoms with Gasteiger partial charge < -0.3 is 5.11 Å². The molecule has 0 heterocycles. The molecule has 5 atom stereocenters. The molecule has 1 heteroatoms. The van der Waals surface area contributed by atoms with Gasteiger partial charge in [0, 0.05) is 0 Å². The molecule has 0 aromatic heterocycles. The van der Waals surface area contributed by atoms with Crippen molar-refractivity contribution in [3.8, 4) is 0 Å². The molecule has 2 bridgehead atoms. The Morgan fingerprint density at radius 3 is 3.00 bits per heavy atom. The predicted octanol–water partition coefficient (Wildman–Crippen LogP) is 1.58. The third kappa shape index (κ3) is 0.652. The van der Waals surface area contributed by atoms with E-state index in [1.165, 1.54) is 12.8 Å². The molecule has 0 aromatic rings. The minimum Gasteiger partial charge on any atom is -0.393 e. The van der Waals surface area contributed by atoms with E-state index in [2.05, 4.69) is 12.2 Å². The molecule has 1 N–H and O–H groups in total. The summed E-state index contributed by atoms with van der Waals surface area (Å²) in [7, 11) is 0. The van der Waals surface area contributed by atoms with Gasteiger partial charge >= 0.3 is 0 Å². The number of rotatable bonds is 0. The van der Waals surface area contributed by atoms with E-state index in [1.807, 2.05) is 0 Å². The van der Waals surface area contributed by atoms with Crippen LogP contribution in [0.3, 0.4) is 0 Å². The van der Waals surface area contributed by atoms with Gasteiger partial charge in [-0.25, -0.2) is 0 Å². The lowest BCUT2D eigenvalue weighted by Gasteiger charge is -2.27. The third-order valence-electron chi connectivity index (χ3n) is 3.97. The second-order valence-corrected chi connectivity index (χ2v) is 4.37. The van der Waals surface area contributed by atoms with E-state index in [-0.39, 0.29) is 6.10 Å². The Morgan fingerprint density at radius 1 is 1.18 bits per heavy atom. The number of aliphatic hydroxyl groups is 1. The van der Waals surface area contributed by atoms with Gasteiger partial charge in [0.05, 0.1) is 6.10 Å². The second-order valence-electron chi connectivity index (χ2n) is 4.37. The van der Waals surface area contributed by atoms with Crippen molar-refractivity contribution in [2.75, 3.05) is 0 Å². The van der Waals surface area contributed by atoms with Crippen molar-refractivity contribution >= 4 is 0 Å². The lowest BCUT2D eigenvalue weighted by Crippen LogP contribution is -2.27. The largest absolute Gasteiger partial charge is 0.393 e. The zero-order valence-electron chi connectivity index (χ0n) is 6.61.